The number of halogens is 2. The van der Waals surface area contributed by atoms with Crippen molar-refractivity contribution in [2.75, 3.05) is 13.1 Å². The monoisotopic (exact) mass is 268 g/mol. The van der Waals surface area contributed by atoms with E-state index in [1.54, 1.807) is 13.0 Å². The van der Waals surface area contributed by atoms with E-state index < -0.39 is 15.8 Å². The van der Waals surface area contributed by atoms with E-state index in [1.165, 1.54) is 6.07 Å². The topological polar surface area (TPSA) is 72.2 Å². The Bertz CT molecular complexity index is 431. The summed E-state index contributed by atoms with van der Waals surface area (Å²) in [5.41, 5.74) is 5.54. The molecule has 0 saturated carbocycles. The summed E-state index contributed by atoms with van der Waals surface area (Å²) in [5.74, 6) is -0.750. The van der Waals surface area contributed by atoms with Crippen LogP contribution in [0.25, 0.3) is 0 Å². The highest BCUT2D eigenvalue weighted by molar-refractivity contribution is 7.89. The molecule has 0 atom stereocenters. The lowest BCUT2D eigenvalue weighted by Gasteiger charge is -2.08. The van der Waals surface area contributed by atoms with Gasteiger partial charge in [0, 0.05) is 13.1 Å². The van der Waals surface area contributed by atoms with Crippen LogP contribution in [0.4, 0.5) is 4.39 Å². The first-order valence-electron chi connectivity index (χ1n) is 4.44. The van der Waals surface area contributed by atoms with E-state index in [-0.39, 0.29) is 30.4 Å². The molecule has 0 amide bonds. The van der Waals surface area contributed by atoms with Crippen molar-refractivity contribution in [1.82, 2.24) is 4.72 Å². The maximum Gasteiger partial charge on any atom is 0.243 e. The van der Waals surface area contributed by atoms with Crippen LogP contribution in [-0.2, 0) is 10.0 Å². The van der Waals surface area contributed by atoms with Gasteiger partial charge in [0.15, 0.2) is 0 Å². The van der Waals surface area contributed by atoms with E-state index in [1.807, 2.05) is 0 Å². The minimum atomic E-state index is -3.79. The Morgan fingerprint density at radius 2 is 2.06 bits per heavy atom. The number of hydrogen-bond donors (Lipinski definition) is 2. The predicted octanol–water partition coefficient (Wildman–Crippen LogP) is 0.793. The van der Waals surface area contributed by atoms with Crippen molar-refractivity contribution < 1.29 is 12.8 Å². The predicted molar refractivity (Wildman–Crippen MR) is 62.6 cm³/mol. The molecule has 0 bridgehead atoms. The van der Waals surface area contributed by atoms with E-state index in [4.69, 9.17) is 5.73 Å². The van der Waals surface area contributed by atoms with Crippen LogP contribution in [0.1, 0.15) is 5.56 Å². The molecule has 0 aliphatic carbocycles. The van der Waals surface area contributed by atoms with Gasteiger partial charge in [-0.25, -0.2) is 17.5 Å². The molecule has 1 aromatic carbocycles. The molecular weight excluding hydrogens is 255 g/mol. The fraction of sp³-hybridized carbons (Fsp3) is 0.333. The molecule has 0 aliphatic heterocycles. The average molecular weight is 269 g/mol. The van der Waals surface area contributed by atoms with Gasteiger partial charge >= 0.3 is 0 Å². The Hall–Kier alpha value is -0.690. The van der Waals surface area contributed by atoms with Crippen LogP contribution in [0.2, 0.25) is 0 Å². The van der Waals surface area contributed by atoms with Gasteiger partial charge in [0.05, 0.1) is 0 Å². The highest BCUT2D eigenvalue weighted by Crippen LogP contribution is 2.18. The Kier molecular flexibility index (Phi) is 5.88. The molecule has 0 radical (unpaired) electrons. The third-order valence-electron chi connectivity index (χ3n) is 1.87. The summed E-state index contributed by atoms with van der Waals surface area (Å²) in [4.78, 5) is -0.307. The van der Waals surface area contributed by atoms with Crippen LogP contribution in [-0.4, -0.2) is 21.5 Å². The average Bonchev–Trinajstić information content (AvgIpc) is 2.14. The quantitative estimate of drug-likeness (QED) is 0.848. The molecule has 4 nitrogen and oxygen atoms in total. The summed E-state index contributed by atoms with van der Waals surface area (Å²) >= 11 is 0. The first-order chi connectivity index (χ1) is 6.99. The Labute approximate surface area is 100 Å². The molecule has 1 rings (SSSR count). The molecular formula is C9H14ClFN2O2S. The van der Waals surface area contributed by atoms with Gasteiger partial charge in [-0.05, 0) is 18.6 Å². The Morgan fingerprint density at radius 3 is 2.56 bits per heavy atom. The van der Waals surface area contributed by atoms with Gasteiger partial charge in [-0.2, -0.15) is 0 Å². The van der Waals surface area contributed by atoms with Crippen molar-refractivity contribution >= 4 is 22.4 Å². The molecule has 0 aromatic heterocycles. The van der Waals surface area contributed by atoms with E-state index in [9.17, 15) is 12.8 Å². The molecule has 1 aromatic rings. The zero-order valence-corrected chi connectivity index (χ0v) is 10.4. The van der Waals surface area contributed by atoms with Crippen molar-refractivity contribution in [3.05, 3.63) is 29.6 Å². The molecule has 3 N–H and O–H groups in total. The fourth-order valence-electron chi connectivity index (χ4n) is 1.22. The summed E-state index contributed by atoms with van der Waals surface area (Å²) in [6.07, 6.45) is 0. The van der Waals surface area contributed by atoms with E-state index in [0.717, 1.165) is 6.07 Å². The van der Waals surface area contributed by atoms with Gasteiger partial charge in [0.2, 0.25) is 10.0 Å². The van der Waals surface area contributed by atoms with Crippen LogP contribution in [0.15, 0.2) is 23.1 Å². The molecule has 0 saturated heterocycles. The molecule has 0 fully saturated rings. The highest BCUT2D eigenvalue weighted by atomic mass is 35.5. The van der Waals surface area contributed by atoms with Gasteiger partial charge in [-0.3, -0.25) is 0 Å². The molecule has 92 valence electrons. The lowest BCUT2D eigenvalue weighted by molar-refractivity contribution is 0.555. The lowest BCUT2D eigenvalue weighted by Crippen LogP contribution is -2.30. The number of benzene rings is 1. The van der Waals surface area contributed by atoms with Gasteiger partial charge in [-0.1, -0.05) is 12.1 Å². The molecule has 0 heterocycles. The summed E-state index contributed by atoms with van der Waals surface area (Å²) in [6, 6.07) is 4.12. The highest BCUT2D eigenvalue weighted by Gasteiger charge is 2.20. The number of aryl methyl sites for hydroxylation is 1. The number of sulfonamides is 1. The van der Waals surface area contributed by atoms with Crippen LogP contribution < -0.4 is 10.5 Å². The lowest BCUT2D eigenvalue weighted by atomic mass is 10.2. The molecule has 16 heavy (non-hydrogen) atoms. The van der Waals surface area contributed by atoms with Crippen LogP contribution in [0, 0.1) is 12.7 Å². The van der Waals surface area contributed by atoms with Crippen LogP contribution in [0.3, 0.4) is 0 Å². The fourth-order valence-corrected chi connectivity index (χ4v) is 2.57. The normalized spacial score (nSPS) is 10.9. The number of nitrogens with two attached hydrogens (primary N) is 1. The van der Waals surface area contributed by atoms with Crippen molar-refractivity contribution in [3.8, 4) is 0 Å². The molecule has 7 heteroatoms. The van der Waals surface area contributed by atoms with Crippen molar-refractivity contribution in [2.45, 2.75) is 11.8 Å². The van der Waals surface area contributed by atoms with E-state index in [2.05, 4.69) is 4.72 Å². The van der Waals surface area contributed by atoms with Gasteiger partial charge in [0.1, 0.15) is 10.7 Å². The third kappa shape index (κ3) is 3.41. The Balaban J connectivity index is 0.00000225. The van der Waals surface area contributed by atoms with Crippen LogP contribution in [0.5, 0.6) is 0 Å². The summed E-state index contributed by atoms with van der Waals surface area (Å²) in [7, 11) is -3.79. The Morgan fingerprint density at radius 1 is 1.44 bits per heavy atom. The molecule has 0 spiro atoms. The van der Waals surface area contributed by atoms with E-state index in [0.29, 0.717) is 5.56 Å². The van der Waals surface area contributed by atoms with E-state index >= 15 is 0 Å². The van der Waals surface area contributed by atoms with Crippen molar-refractivity contribution in [3.63, 3.8) is 0 Å². The van der Waals surface area contributed by atoms with Crippen LogP contribution >= 0.6 is 12.4 Å². The SMILES string of the molecule is Cc1cccc(F)c1S(=O)(=O)NCCN.Cl. The van der Waals surface area contributed by atoms with Gasteiger partial charge < -0.3 is 5.73 Å². The molecule has 0 aliphatic rings. The first kappa shape index (κ1) is 15.3. The zero-order chi connectivity index (χ0) is 11.5. The number of rotatable bonds is 4. The maximum atomic E-state index is 13.3. The zero-order valence-electron chi connectivity index (χ0n) is 8.73. The first-order valence-corrected chi connectivity index (χ1v) is 5.92. The second kappa shape index (κ2) is 6.15. The second-order valence-electron chi connectivity index (χ2n) is 3.07. The smallest absolute Gasteiger partial charge is 0.243 e. The van der Waals surface area contributed by atoms with Gasteiger partial charge in [-0.15, -0.1) is 12.4 Å². The summed E-state index contributed by atoms with van der Waals surface area (Å²) < 4.78 is 38.8. The number of hydrogen-bond acceptors (Lipinski definition) is 3. The largest absolute Gasteiger partial charge is 0.329 e. The van der Waals surface area contributed by atoms with Crippen molar-refractivity contribution in [1.29, 1.82) is 0 Å². The minimum absolute atomic E-state index is 0. The number of nitrogens with one attached hydrogen (secondary N) is 1. The van der Waals surface area contributed by atoms with Gasteiger partial charge in [0.25, 0.3) is 0 Å². The van der Waals surface area contributed by atoms with Crippen molar-refractivity contribution in [2.24, 2.45) is 5.73 Å². The third-order valence-corrected chi connectivity index (χ3v) is 3.51. The standard InChI is InChI=1S/C9H13FN2O2S.ClH/c1-7-3-2-4-8(10)9(7)15(13,14)12-6-5-11;/h2-4,12H,5-6,11H2,1H3;1H. The minimum Gasteiger partial charge on any atom is -0.329 e. The summed E-state index contributed by atoms with van der Waals surface area (Å²) in [5, 5.41) is 0. The second-order valence-corrected chi connectivity index (χ2v) is 4.78. The molecule has 0 unspecified atom stereocenters. The maximum absolute atomic E-state index is 13.3. The summed E-state index contributed by atoms with van der Waals surface area (Å²) in [6.45, 7) is 1.81.